The highest BCUT2D eigenvalue weighted by Crippen LogP contribution is 2.17. The van der Waals surface area contributed by atoms with Crippen molar-refractivity contribution in [2.45, 2.75) is 25.5 Å². The molecule has 0 aromatic carbocycles. The molecule has 1 N–H and O–H groups in total. The van der Waals surface area contributed by atoms with Crippen molar-refractivity contribution in [3.8, 4) is 0 Å². The quantitative estimate of drug-likeness (QED) is 0.528. The summed E-state index contributed by atoms with van der Waals surface area (Å²) in [7, 11) is 1.87. The zero-order valence-corrected chi connectivity index (χ0v) is 8.25. The van der Waals surface area contributed by atoms with Gasteiger partial charge in [-0.25, -0.2) is 5.43 Å². The molecule has 0 radical (unpaired) electrons. The minimum Gasteiger partial charge on any atom is -0.357 e. The summed E-state index contributed by atoms with van der Waals surface area (Å²) in [6, 6.07) is 0. The van der Waals surface area contributed by atoms with Crippen molar-refractivity contribution < 1.29 is 4.74 Å². The molecule has 1 rings (SSSR count). The number of nitrogens with one attached hydrogen (secondary N) is 1. The average Bonchev–Trinajstić information content (AvgIpc) is 2.20. The van der Waals surface area contributed by atoms with Crippen molar-refractivity contribution in [3.63, 3.8) is 0 Å². The normalized spacial score (nSPS) is 22.4. The number of hydrogen-bond donors (Lipinski definition) is 1. The fourth-order valence-corrected chi connectivity index (χ4v) is 1.50. The van der Waals surface area contributed by atoms with Crippen LogP contribution < -0.4 is 5.43 Å². The van der Waals surface area contributed by atoms with E-state index in [4.69, 9.17) is 4.74 Å². The maximum Gasteiger partial charge on any atom is 0.144 e. The Kier molecular flexibility index (Phi) is 3.99. The van der Waals surface area contributed by atoms with Crippen LogP contribution >= 0.6 is 0 Å². The van der Waals surface area contributed by atoms with Crippen LogP contribution in [0.15, 0.2) is 24.9 Å². The third kappa shape index (κ3) is 2.57. The second kappa shape index (κ2) is 5.04. The van der Waals surface area contributed by atoms with E-state index in [9.17, 15) is 0 Å². The van der Waals surface area contributed by atoms with Gasteiger partial charge in [0, 0.05) is 19.4 Å². The molecule has 0 saturated carbocycles. The van der Waals surface area contributed by atoms with Gasteiger partial charge < -0.3 is 4.74 Å². The van der Waals surface area contributed by atoms with Crippen molar-refractivity contribution in [1.29, 1.82) is 0 Å². The molecule has 3 heteroatoms. The lowest BCUT2D eigenvalue weighted by Crippen LogP contribution is -2.45. The van der Waals surface area contributed by atoms with Crippen LogP contribution in [0.5, 0.6) is 0 Å². The lowest BCUT2D eigenvalue weighted by atomic mass is 10.2. The van der Waals surface area contributed by atoms with Gasteiger partial charge in [0.2, 0.25) is 0 Å². The lowest BCUT2D eigenvalue weighted by Gasteiger charge is -2.35. The highest BCUT2D eigenvalue weighted by molar-refractivity contribution is 5.09. The van der Waals surface area contributed by atoms with Crippen LogP contribution in [0, 0.1) is 0 Å². The molecule has 1 aliphatic heterocycles. The van der Waals surface area contributed by atoms with E-state index >= 15 is 0 Å². The first-order valence-electron chi connectivity index (χ1n) is 4.69. The molecule has 0 aromatic rings. The largest absolute Gasteiger partial charge is 0.357 e. The summed E-state index contributed by atoms with van der Waals surface area (Å²) < 4.78 is 5.61. The Morgan fingerprint density at radius 2 is 2.38 bits per heavy atom. The molecule has 0 aromatic heterocycles. The predicted octanol–water partition coefficient (Wildman–Crippen LogP) is 1.65. The lowest BCUT2D eigenvalue weighted by molar-refractivity contribution is -0.0858. The van der Waals surface area contributed by atoms with Gasteiger partial charge in [-0.2, -0.15) is 0 Å². The summed E-state index contributed by atoms with van der Waals surface area (Å²) in [5.41, 5.74) is 3.92. The van der Waals surface area contributed by atoms with Gasteiger partial charge in [0.05, 0.1) is 0 Å². The number of hydrazine groups is 1. The molecule has 1 atom stereocenters. The monoisotopic (exact) mass is 182 g/mol. The maximum atomic E-state index is 5.61. The Balaban J connectivity index is 2.53. The van der Waals surface area contributed by atoms with Crippen LogP contribution in [0.25, 0.3) is 0 Å². The molecular weight excluding hydrogens is 164 g/mol. The molecule has 0 spiro atoms. The Morgan fingerprint density at radius 1 is 1.62 bits per heavy atom. The topological polar surface area (TPSA) is 24.5 Å². The fourth-order valence-electron chi connectivity index (χ4n) is 1.50. The van der Waals surface area contributed by atoms with Crippen molar-refractivity contribution in [1.82, 2.24) is 10.4 Å². The summed E-state index contributed by atoms with van der Waals surface area (Å²) in [5.74, 6) is 0. The zero-order valence-electron chi connectivity index (χ0n) is 8.25. The molecular formula is C10H18N2O. The van der Waals surface area contributed by atoms with Crippen molar-refractivity contribution in [3.05, 3.63) is 24.9 Å². The van der Waals surface area contributed by atoms with Crippen LogP contribution in [0.4, 0.5) is 0 Å². The van der Waals surface area contributed by atoms with Gasteiger partial charge in [0.1, 0.15) is 6.23 Å². The molecule has 0 bridgehead atoms. The number of rotatable bonds is 4. The summed E-state index contributed by atoms with van der Waals surface area (Å²) in [4.78, 5) is 0. The highest BCUT2D eigenvalue weighted by atomic mass is 16.5. The molecule has 1 saturated heterocycles. The van der Waals surface area contributed by atoms with E-state index in [0.29, 0.717) is 0 Å². The van der Waals surface area contributed by atoms with Crippen LogP contribution in [0.1, 0.15) is 19.3 Å². The van der Waals surface area contributed by atoms with Gasteiger partial charge in [-0.3, -0.25) is 5.01 Å². The van der Waals surface area contributed by atoms with Crippen LogP contribution in [0.3, 0.4) is 0 Å². The average molecular weight is 182 g/mol. The molecule has 3 nitrogen and oxygen atoms in total. The minimum atomic E-state index is 0.115. The molecule has 0 amide bonds. The van der Waals surface area contributed by atoms with Gasteiger partial charge in [0.25, 0.3) is 0 Å². The highest BCUT2D eigenvalue weighted by Gasteiger charge is 2.20. The van der Waals surface area contributed by atoms with E-state index in [1.54, 1.807) is 6.08 Å². The second-order valence-electron chi connectivity index (χ2n) is 3.11. The van der Waals surface area contributed by atoms with E-state index in [1.165, 1.54) is 6.42 Å². The Labute approximate surface area is 80.0 Å². The first-order chi connectivity index (χ1) is 6.29. The molecule has 74 valence electrons. The molecule has 0 aliphatic carbocycles. The van der Waals surface area contributed by atoms with Gasteiger partial charge in [-0.1, -0.05) is 13.2 Å². The van der Waals surface area contributed by atoms with Crippen molar-refractivity contribution >= 4 is 0 Å². The first-order valence-corrected chi connectivity index (χ1v) is 4.69. The summed E-state index contributed by atoms with van der Waals surface area (Å²) in [6.45, 7) is 8.41. The van der Waals surface area contributed by atoms with Crippen LogP contribution in [-0.4, -0.2) is 24.9 Å². The SMILES string of the molecule is C=CC(=C)N(NC)C1CCCCO1. The third-order valence-electron chi connectivity index (χ3n) is 2.23. The van der Waals surface area contributed by atoms with Crippen molar-refractivity contribution in [2.75, 3.05) is 13.7 Å². The number of ether oxygens (including phenoxy) is 1. The third-order valence-corrected chi connectivity index (χ3v) is 2.23. The van der Waals surface area contributed by atoms with E-state index in [1.807, 2.05) is 12.1 Å². The standard InChI is InChI=1S/C10H18N2O/c1-4-9(2)12(11-3)10-7-5-6-8-13-10/h4,10-11H,1-2,5-8H2,3H3. The first kappa shape index (κ1) is 10.3. The van der Waals surface area contributed by atoms with E-state index in [2.05, 4.69) is 18.6 Å². The Bertz CT molecular complexity index is 185. The maximum absolute atomic E-state index is 5.61. The van der Waals surface area contributed by atoms with Crippen LogP contribution in [0.2, 0.25) is 0 Å². The van der Waals surface area contributed by atoms with Gasteiger partial charge in [-0.15, -0.1) is 0 Å². The predicted molar refractivity (Wildman–Crippen MR) is 53.8 cm³/mol. The fraction of sp³-hybridized carbons (Fsp3) is 0.600. The molecule has 1 heterocycles. The van der Waals surface area contributed by atoms with E-state index in [0.717, 1.165) is 25.1 Å². The summed E-state index contributed by atoms with van der Waals surface area (Å²) in [5, 5.41) is 1.92. The number of nitrogens with zero attached hydrogens (tertiary/aromatic N) is 1. The minimum absolute atomic E-state index is 0.115. The van der Waals surface area contributed by atoms with Crippen LogP contribution in [-0.2, 0) is 4.74 Å². The molecule has 1 aliphatic rings. The number of hydrogen-bond acceptors (Lipinski definition) is 3. The van der Waals surface area contributed by atoms with E-state index < -0.39 is 0 Å². The second-order valence-corrected chi connectivity index (χ2v) is 3.11. The zero-order chi connectivity index (χ0) is 9.68. The van der Waals surface area contributed by atoms with Crippen molar-refractivity contribution in [2.24, 2.45) is 0 Å². The smallest absolute Gasteiger partial charge is 0.144 e. The summed E-state index contributed by atoms with van der Waals surface area (Å²) in [6.07, 6.45) is 5.27. The van der Waals surface area contributed by atoms with Gasteiger partial charge >= 0.3 is 0 Å². The molecule has 1 unspecified atom stereocenters. The van der Waals surface area contributed by atoms with Gasteiger partial charge in [-0.05, 0) is 25.3 Å². The van der Waals surface area contributed by atoms with E-state index in [-0.39, 0.29) is 6.23 Å². The molecule has 13 heavy (non-hydrogen) atoms. The molecule has 1 fully saturated rings. The van der Waals surface area contributed by atoms with Gasteiger partial charge in [0.15, 0.2) is 0 Å². The Morgan fingerprint density at radius 3 is 2.85 bits per heavy atom. The summed E-state index contributed by atoms with van der Waals surface area (Å²) >= 11 is 0. The number of allylic oxidation sites excluding steroid dienone is 1. The Hall–Kier alpha value is -0.800.